The van der Waals surface area contributed by atoms with E-state index in [1.54, 1.807) is 7.05 Å². The average Bonchev–Trinajstić information content (AvgIpc) is 2.64. The monoisotopic (exact) mass is 391 g/mol. The number of carbonyl (C=O) groups is 3. The Labute approximate surface area is 160 Å². The molecule has 0 aliphatic carbocycles. The summed E-state index contributed by atoms with van der Waals surface area (Å²) in [6, 6.07) is -0.554. The number of amides is 2. The highest BCUT2D eigenvalue weighted by Crippen LogP contribution is 2.00. The molecular weight excluding hydrogens is 358 g/mol. The molecule has 0 heterocycles. The van der Waals surface area contributed by atoms with Gasteiger partial charge in [-0.3, -0.25) is 14.4 Å². The van der Waals surface area contributed by atoms with Crippen LogP contribution in [0.15, 0.2) is 0 Å². The number of unbranched alkanes of at least 4 members (excludes halogenated alkanes) is 1. The Morgan fingerprint density at radius 3 is 2.15 bits per heavy atom. The van der Waals surface area contributed by atoms with Crippen molar-refractivity contribution >= 4 is 17.8 Å². The van der Waals surface area contributed by atoms with Gasteiger partial charge >= 0.3 is 5.97 Å². The maximum absolute atomic E-state index is 11.6. The molecule has 27 heavy (non-hydrogen) atoms. The number of carbonyl (C=O) groups excluding carboxylic acids is 2. The van der Waals surface area contributed by atoms with Crippen molar-refractivity contribution in [3.63, 3.8) is 0 Å². The number of aliphatic carboxylic acids is 1. The lowest BCUT2D eigenvalue weighted by Gasteiger charge is -2.11. The molecule has 0 aliphatic heterocycles. The van der Waals surface area contributed by atoms with Crippen LogP contribution in [0.1, 0.15) is 26.2 Å². The first-order valence-corrected chi connectivity index (χ1v) is 9.17. The van der Waals surface area contributed by atoms with Crippen molar-refractivity contribution in [2.24, 2.45) is 0 Å². The standard InChI is InChI=1S/C17H33N3O7/c1-3-25-12-15(21)20-8-9-26-10-11-27-13-16(22)19-7-5-4-6-14(18-2)17(23)24/h14,18H,3-13H2,1-2H3,(H,19,22)(H,20,21)(H,23,24)/t14-/m0/s1. The lowest BCUT2D eigenvalue weighted by atomic mass is 10.1. The minimum Gasteiger partial charge on any atom is -0.480 e. The normalized spacial score (nSPS) is 11.8. The molecule has 158 valence electrons. The van der Waals surface area contributed by atoms with E-state index in [9.17, 15) is 14.4 Å². The molecule has 0 saturated carbocycles. The molecule has 0 aromatic rings. The summed E-state index contributed by atoms with van der Waals surface area (Å²) in [6.45, 7) is 4.15. The van der Waals surface area contributed by atoms with Gasteiger partial charge in [-0.05, 0) is 33.2 Å². The molecule has 1 atom stereocenters. The highest BCUT2D eigenvalue weighted by molar-refractivity contribution is 5.77. The molecule has 0 aromatic heterocycles. The van der Waals surface area contributed by atoms with Crippen LogP contribution in [0.4, 0.5) is 0 Å². The molecule has 0 fully saturated rings. The van der Waals surface area contributed by atoms with E-state index < -0.39 is 12.0 Å². The van der Waals surface area contributed by atoms with Crippen LogP contribution in [-0.2, 0) is 28.6 Å². The quantitative estimate of drug-likeness (QED) is 0.222. The second-order valence-corrected chi connectivity index (χ2v) is 5.68. The first-order valence-electron chi connectivity index (χ1n) is 9.17. The van der Waals surface area contributed by atoms with Crippen LogP contribution in [0.3, 0.4) is 0 Å². The van der Waals surface area contributed by atoms with Crippen LogP contribution < -0.4 is 16.0 Å². The van der Waals surface area contributed by atoms with Crippen molar-refractivity contribution < 1.29 is 33.7 Å². The molecule has 10 heteroatoms. The fourth-order valence-corrected chi connectivity index (χ4v) is 2.04. The van der Waals surface area contributed by atoms with E-state index in [2.05, 4.69) is 16.0 Å². The summed E-state index contributed by atoms with van der Waals surface area (Å²) in [7, 11) is 1.61. The number of hydrogen-bond acceptors (Lipinski definition) is 7. The predicted octanol–water partition coefficient (Wildman–Crippen LogP) is -0.869. The first kappa shape index (κ1) is 25.2. The molecule has 0 aromatic carbocycles. The highest BCUT2D eigenvalue weighted by atomic mass is 16.5. The highest BCUT2D eigenvalue weighted by Gasteiger charge is 2.13. The molecule has 0 aliphatic rings. The average molecular weight is 391 g/mol. The number of likely N-dealkylation sites (N-methyl/N-ethyl adjacent to an activating group) is 1. The van der Waals surface area contributed by atoms with Gasteiger partial charge in [0.05, 0.1) is 19.8 Å². The van der Waals surface area contributed by atoms with Gasteiger partial charge in [0.25, 0.3) is 0 Å². The van der Waals surface area contributed by atoms with E-state index in [1.165, 1.54) is 0 Å². The van der Waals surface area contributed by atoms with Crippen molar-refractivity contribution in [2.75, 3.05) is 59.8 Å². The number of ether oxygens (including phenoxy) is 3. The fraction of sp³-hybridized carbons (Fsp3) is 0.824. The minimum atomic E-state index is -0.870. The van der Waals surface area contributed by atoms with Crippen molar-refractivity contribution in [2.45, 2.75) is 32.2 Å². The van der Waals surface area contributed by atoms with Crippen LogP contribution in [0.2, 0.25) is 0 Å². The summed E-state index contributed by atoms with van der Waals surface area (Å²) in [5.41, 5.74) is 0. The molecular formula is C17H33N3O7. The van der Waals surface area contributed by atoms with E-state index in [0.717, 1.165) is 0 Å². The van der Waals surface area contributed by atoms with Crippen LogP contribution in [0.5, 0.6) is 0 Å². The van der Waals surface area contributed by atoms with Crippen molar-refractivity contribution in [1.82, 2.24) is 16.0 Å². The smallest absolute Gasteiger partial charge is 0.320 e. The third kappa shape index (κ3) is 16.2. The lowest BCUT2D eigenvalue weighted by Crippen LogP contribution is -2.34. The molecule has 4 N–H and O–H groups in total. The van der Waals surface area contributed by atoms with Crippen LogP contribution in [0.25, 0.3) is 0 Å². The predicted molar refractivity (Wildman–Crippen MR) is 98.5 cm³/mol. The first-order chi connectivity index (χ1) is 13.0. The van der Waals surface area contributed by atoms with Gasteiger partial charge < -0.3 is 35.3 Å². The summed E-state index contributed by atoms with van der Waals surface area (Å²) in [6.07, 6.45) is 1.92. The van der Waals surface area contributed by atoms with E-state index in [1.807, 2.05) is 6.92 Å². The molecule has 10 nitrogen and oxygen atoms in total. The van der Waals surface area contributed by atoms with E-state index >= 15 is 0 Å². The van der Waals surface area contributed by atoms with Gasteiger partial charge in [0.15, 0.2) is 0 Å². The molecule has 0 saturated heterocycles. The molecule has 0 bridgehead atoms. The van der Waals surface area contributed by atoms with Gasteiger partial charge in [-0.15, -0.1) is 0 Å². The Kier molecular flexibility index (Phi) is 16.5. The van der Waals surface area contributed by atoms with Gasteiger partial charge in [-0.25, -0.2) is 0 Å². The maximum Gasteiger partial charge on any atom is 0.320 e. The third-order valence-corrected chi connectivity index (χ3v) is 3.50. The molecule has 0 radical (unpaired) electrons. The van der Waals surface area contributed by atoms with Crippen molar-refractivity contribution in [3.05, 3.63) is 0 Å². The van der Waals surface area contributed by atoms with Gasteiger partial charge in [0.2, 0.25) is 11.8 Å². The lowest BCUT2D eigenvalue weighted by molar-refractivity contribution is -0.139. The SMILES string of the molecule is CCOCC(=O)NCCOCCOCC(=O)NCCCC[C@H](NC)C(=O)O. The van der Waals surface area contributed by atoms with E-state index in [4.69, 9.17) is 19.3 Å². The van der Waals surface area contributed by atoms with E-state index in [-0.39, 0.29) is 31.6 Å². The zero-order chi connectivity index (χ0) is 20.3. The Hall–Kier alpha value is -1.75. The van der Waals surface area contributed by atoms with Crippen LogP contribution in [-0.4, -0.2) is 88.7 Å². The van der Waals surface area contributed by atoms with Crippen molar-refractivity contribution in [3.8, 4) is 0 Å². The Morgan fingerprint density at radius 1 is 0.889 bits per heavy atom. The number of carboxylic acid groups (broad SMARTS) is 1. The maximum atomic E-state index is 11.6. The largest absolute Gasteiger partial charge is 0.480 e. The minimum absolute atomic E-state index is 0.0460. The fourth-order valence-electron chi connectivity index (χ4n) is 2.04. The second-order valence-electron chi connectivity index (χ2n) is 5.68. The van der Waals surface area contributed by atoms with Gasteiger partial charge in [-0.1, -0.05) is 0 Å². The van der Waals surface area contributed by atoms with Gasteiger partial charge in [0, 0.05) is 19.7 Å². The summed E-state index contributed by atoms with van der Waals surface area (Å²) in [5.74, 6) is -1.27. The summed E-state index contributed by atoms with van der Waals surface area (Å²) >= 11 is 0. The topological polar surface area (TPSA) is 135 Å². The second kappa shape index (κ2) is 17.7. The molecule has 0 spiro atoms. The summed E-state index contributed by atoms with van der Waals surface area (Å²) in [4.78, 5) is 33.6. The van der Waals surface area contributed by atoms with Crippen LogP contribution >= 0.6 is 0 Å². The molecule has 0 rings (SSSR count). The Bertz CT molecular complexity index is 421. The number of hydrogen-bond donors (Lipinski definition) is 4. The number of rotatable bonds is 18. The zero-order valence-corrected chi connectivity index (χ0v) is 16.3. The number of carboxylic acids is 1. The number of nitrogens with one attached hydrogen (secondary N) is 3. The third-order valence-electron chi connectivity index (χ3n) is 3.50. The van der Waals surface area contributed by atoms with Crippen LogP contribution in [0, 0.1) is 0 Å². The Balaban J connectivity index is 3.39. The molecule has 0 unspecified atom stereocenters. The van der Waals surface area contributed by atoms with E-state index in [0.29, 0.717) is 52.2 Å². The van der Waals surface area contributed by atoms with Gasteiger partial charge in [-0.2, -0.15) is 0 Å². The van der Waals surface area contributed by atoms with Crippen molar-refractivity contribution in [1.29, 1.82) is 0 Å². The zero-order valence-electron chi connectivity index (χ0n) is 16.3. The Morgan fingerprint density at radius 2 is 1.52 bits per heavy atom. The summed E-state index contributed by atoms with van der Waals surface area (Å²) < 4.78 is 15.4. The van der Waals surface area contributed by atoms with Gasteiger partial charge in [0.1, 0.15) is 19.3 Å². The summed E-state index contributed by atoms with van der Waals surface area (Å²) in [5, 5.41) is 17.0. The molecule has 2 amide bonds.